The number of carboxylic acid groups (broad SMARTS) is 1. The van der Waals surface area contributed by atoms with E-state index in [0.29, 0.717) is 0 Å². The Kier molecular flexibility index (Phi) is 4.50. The molecule has 0 saturated heterocycles. The number of imidazole rings is 1. The fraction of sp³-hybridized carbons (Fsp3) is 0.167. The Hall–Kier alpha value is -1.97. The summed E-state index contributed by atoms with van der Waals surface area (Å²) >= 11 is 5.52. The first-order chi connectivity index (χ1) is 10.2. The molecule has 0 spiro atoms. The number of aliphatic carboxylic acids is 1. The Morgan fingerprint density at radius 2 is 2.18 bits per heavy atom. The van der Waals surface area contributed by atoms with E-state index in [0.717, 1.165) is 12.1 Å². The summed E-state index contributed by atoms with van der Waals surface area (Å²) in [6.45, 7) is 0. The highest BCUT2D eigenvalue weighted by Gasteiger charge is 2.28. The fourth-order valence-corrected chi connectivity index (χ4v) is 2.97. The average molecular weight is 348 g/mol. The van der Waals surface area contributed by atoms with Gasteiger partial charge in [0, 0.05) is 13.2 Å². The van der Waals surface area contributed by atoms with Crippen molar-refractivity contribution in [2.75, 3.05) is 0 Å². The van der Waals surface area contributed by atoms with Crippen LogP contribution in [0.1, 0.15) is 11.6 Å². The van der Waals surface area contributed by atoms with Crippen molar-refractivity contribution in [3.05, 3.63) is 47.1 Å². The standard InChI is InChI=1S/C12H11ClFN3O4S/c1-17-5-10(15-6-17)22(20,21)16-11(12(18)19)7-2-3-8(13)9(14)4-7/h2-6,11,16H,1H3,(H,18,19). The molecule has 0 fully saturated rings. The molecule has 22 heavy (non-hydrogen) atoms. The number of carboxylic acids is 1. The van der Waals surface area contributed by atoms with Gasteiger partial charge in [-0.05, 0) is 17.7 Å². The summed E-state index contributed by atoms with van der Waals surface area (Å²) in [7, 11) is -2.61. The van der Waals surface area contributed by atoms with Crippen LogP contribution in [0, 0.1) is 5.82 Å². The molecule has 7 nitrogen and oxygen atoms in total. The summed E-state index contributed by atoms with van der Waals surface area (Å²) < 4.78 is 41.0. The lowest BCUT2D eigenvalue weighted by atomic mass is 10.1. The van der Waals surface area contributed by atoms with Crippen LogP contribution in [-0.2, 0) is 21.9 Å². The highest BCUT2D eigenvalue weighted by Crippen LogP contribution is 2.22. The molecule has 1 aromatic heterocycles. The first-order valence-electron chi connectivity index (χ1n) is 5.89. The molecule has 2 N–H and O–H groups in total. The van der Waals surface area contributed by atoms with Crippen LogP contribution in [0.25, 0.3) is 0 Å². The van der Waals surface area contributed by atoms with E-state index in [1.54, 1.807) is 7.05 Å². The molecule has 1 unspecified atom stereocenters. The number of benzene rings is 1. The lowest BCUT2D eigenvalue weighted by molar-refractivity contribution is -0.139. The number of carbonyl (C=O) groups is 1. The van der Waals surface area contributed by atoms with E-state index in [1.165, 1.54) is 23.2 Å². The van der Waals surface area contributed by atoms with E-state index in [4.69, 9.17) is 11.6 Å². The van der Waals surface area contributed by atoms with E-state index in [-0.39, 0.29) is 15.6 Å². The van der Waals surface area contributed by atoms with Crippen LogP contribution in [-0.4, -0.2) is 29.0 Å². The van der Waals surface area contributed by atoms with Crippen molar-refractivity contribution in [3.63, 3.8) is 0 Å². The molecule has 0 radical (unpaired) electrons. The van der Waals surface area contributed by atoms with Gasteiger partial charge in [-0.15, -0.1) is 0 Å². The number of hydrogen-bond acceptors (Lipinski definition) is 4. The van der Waals surface area contributed by atoms with Crippen molar-refractivity contribution < 1.29 is 22.7 Å². The number of aryl methyl sites for hydroxylation is 1. The van der Waals surface area contributed by atoms with Crippen LogP contribution in [0.2, 0.25) is 5.02 Å². The second kappa shape index (κ2) is 6.03. The molecular weight excluding hydrogens is 337 g/mol. The summed E-state index contributed by atoms with van der Waals surface area (Å²) in [6, 6.07) is 1.57. The van der Waals surface area contributed by atoms with Crippen molar-refractivity contribution >= 4 is 27.6 Å². The van der Waals surface area contributed by atoms with Gasteiger partial charge in [0.25, 0.3) is 10.0 Å². The summed E-state index contributed by atoms with van der Waals surface area (Å²) in [4.78, 5) is 15.0. The van der Waals surface area contributed by atoms with Crippen LogP contribution < -0.4 is 4.72 Å². The predicted octanol–water partition coefficient (Wildman–Crippen LogP) is 1.32. The second-order valence-electron chi connectivity index (χ2n) is 4.44. The lowest BCUT2D eigenvalue weighted by Crippen LogP contribution is -2.34. The summed E-state index contributed by atoms with van der Waals surface area (Å²) in [5.74, 6) is -2.33. The van der Waals surface area contributed by atoms with E-state index in [1.807, 2.05) is 4.72 Å². The zero-order valence-corrected chi connectivity index (χ0v) is 12.8. The maximum Gasteiger partial charge on any atom is 0.326 e. The zero-order chi connectivity index (χ0) is 16.5. The molecule has 0 bridgehead atoms. The monoisotopic (exact) mass is 347 g/mol. The molecule has 1 atom stereocenters. The van der Waals surface area contributed by atoms with E-state index in [9.17, 15) is 22.7 Å². The molecule has 118 valence electrons. The Balaban J connectivity index is 2.37. The minimum absolute atomic E-state index is 0.0890. The SMILES string of the molecule is Cn1cnc(S(=O)(=O)NC(C(=O)O)c2ccc(Cl)c(F)c2)c1. The van der Waals surface area contributed by atoms with Crippen LogP contribution in [0.5, 0.6) is 0 Å². The zero-order valence-electron chi connectivity index (χ0n) is 11.2. The first-order valence-corrected chi connectivity index (χ1v) is 7.75. The number of halogens is 2. The van der Waals surface area contributed by atoms with Gasteiger partial charge in [-0.25, -0.2) is 17.8 Å². The smallest absolute Gasteiger partial charge is 0.326 e. The molecule has 1 heterocycles. The predicted molar refractivity (Wildman–Crippen MR) is 75.3 cm³/mol. The lowest BCUT2D eigenvalue weighted by Gasteiger charge is -2.14. The van der Waals surface area contributed by atoms with Crippen molar-refractivity contribution in [2.24, 2.45) is 7.05 Å². The highest BCUT2D eigenvalue weighted by atomic mass is 35.5. The van der Waals surface area contributed by atoms with Gasteiger partial charge >= 0.3 is 5.97 Å². The van der Waals surface area contributed by atoms with Crippen molar-refractivity contribution in [1.29, 1.82) is 0 Å². The van der Waals surface area contributed by atoms with Crippen LogP contribution in [0.4, 0.5) is 4.39 Å². The molecular formula is C12H11ClFN3O4S. The summed E-state index contributed by atoms with van der Waals surface area (Å²) in [5, 5.41) is 8.66. The Bertz CT molecular complexity index is 822. The van der Waals surface area contributed by atoms with E-state index >= 15 is 0 Å². The van der Waals surface area contributed by atoms with Gasteiger partial charge < -0.3 is 9.67 Å². The highest BCUT2D eigenvalue weighted by molar-refractivity contribution is 7.89. The summed E-state index contributed by atoms with van der Waals surface area (Å²) in [5.41, 5.74) is -0.0890. The molecule has 2 aromatic rings. The Morgan fingerprint density at radius 1 is 1.50 bits per heavy atom. The van der Waals surface area contributed by atoms with Gasteiger partial charge in [-0.2, -0.15) is 4.72 Å². The number of rotatable bonds is 5. The third kappa shape index (κ3) is 3.43. The van der Waals surface area contributed by atoms with E-state index in [2.05, 4.69) is 4.98 Å². The van der Waals surface area contributed by atoms with Gasteiger partial charge in [0.2, 0.25) is 0 Å². The number of nitrogens with one attached hydrogen (secondary N) is 1. The molecule has 0 saturated carbocycles. The van der Waals surface area contributed by atoms with Crippen molar-refractivity contribution in [1.82, 2.24) is 14.3 Å². The van der Waals surface area contributed by atoms with Crippen molar-refractivity contribution in [2.45, 2.75) is 11.1 Å². The number of hydrogen-bond donors (Lipinski definition) is 2. The first kappa shape index (κ1) is 16.4. The molecule has 0 amide bonds. The maximum atomic E-state index is 13.4. The Labute approximate surface area is 130 Å². The molecule has 2 rings (SSSR count). The summed E-state index contributed by atoms with van der Waals surface area (Å²) in [6.07, 6.45) is 2.47. The number of nitrogens with zero attached hydrogens (tertiary/aromatic N) is 2. The average Bonchev–Trinajstić information content (AvgIpc) is 2.87. The van der Waals surface area contributed by atoms with Gasteiger partial charge in [-0.3, -0.25) is 4.79 Å². The maximum absolute atomic E-state index is 13.4. The van der Waals surface area contributed by atoms with Crippen LogP contribution in [0.15, 0.2) is 35.7 Å². The molecule has 0 aliphatic carbocycles. The largest absolute Gasteiger partial charge is 0.480 e. The third-order valence-corrected chi connectivity index (χ3v) is 4.37. The van der Waals surface area contributed by atoms with Crippen LogP contribution >= 0.6 is 11.6 Å². The fourth-order valence-electron chi connectivity index (χ4n) is 1.70. The van der Waals surface area contributed by atoms with Crippen LogP contribution in [0.3, 0.4) is 0 Å². The number of sulfonamides is 1. The molecule has 0 aliphatic heterocycles. The van der Waals surface area contributed by atoms with Crippen molar-refractivity contribution in [3.8, 4) is 0 Å². The van der Waals surface area contributed by atoms with E-state index < -0.39 is 27.9 Å². The van der Waals surface area contributed by atoms with Gasteiger partial charge in [0.1, 0.15) is 11.9 Å². The third-order valence-electron chi connectivity index (χ3n) is 2.75. The second-order valence-corrected chi connectivity index (χ2v) is 6.51. The molecule has 10 heteroatoms. The minimum atomic E-state index is -4.17. The Morgan fingerprint density at radius 3 is 2.68 bits per heavy atom. The quantitative estimate of drug-likeness (QED) is 0.849. The topological polar surface area (TPSA) is 101 Å². The van der Waals surface area contributed by atoms with Gasteiger partial charge in [0.15, 0.2) is 5.03 Å². The molecule has 1 aromatic carbocycles. The van der Waals surface area contributed by atoms with Gasteiger partial charge in [0.05, 0.1) is 11.3 Å². The normalized spacial score (nSPS) is 13.0. The number of aromatic nitrogens is 2. The van der Waals surface area contributed by atoms with Gasteiger partial charge in [-0.1, -0.05) is 17.7 Å². The molecule has 0 aliphatic rings. The minimum Gasteiger partial charge on any atom is -0.480 e.